The zero-order valence-electron chi connectivity index (χ0n) is 9.33. The van der Waals surface area contributed by atoms with E-state index in [0.29, 0.717) is 12.0 Å². The van der Waals surface area contributed by atoms with E-state index in [4.69, 9.17) is 4.74 Å². The standard InChI is InChI=1S/C13H12O4/c1-16-13(15)8-10-17-12-7-3-2-5-11(12)6-4-9-14/h2-10H,1H3/b6-4+,10-8+. The zero-order valence-corrected chi connectivity index (χ0v) is 9.33. The molecule has 1 rings (SSSR count). The van der Waals surface area contributed by atoms with Crippen LogP contribution >= 0.6 is 0 Å². The van der Waals surface area contributed by atoms with Crippen molar-refractivity contribution in [1.29, 1.82) is 0 Å². The van der Waals surface area contributed by atoms with Gasteiger partial charge in [-0.15, -0.1) is 0 Å². The lowest BCUT2D eigenvalue weighted by molar-refractivity contribution is -0.134. The van der Waals surface area contributed by atoms with Crippen LogP contribution in [0.25, 0.3) is 6.08 Å². The molecular weight excluding hydrogens is 220 g/mol. The quantitative estimate of drug-likeness (QED) is 0.337. The number of rotatable bonds is 5. The Balaban J connectivity index is 2.76. The van der Waals surface area contributed by atoms with E-state index < -0.39 is 5.97 Å². The maximum atomic E-state index is 10.8. The summed E-state index contributed by atoms with van der Waals surface area (Å²) in [5.41, 5.74) is 0.745. The number of para-hydroxylation sites is 1. The van der Waals surface area contributed by atoms with Gasteiger partial charge >= 0.3 is 5.97 Å². The zero-order chi connectivity index (χ0) is 12.5. The summed E-state index contributed by atoms with van der Waals surface area (Å²) in [7, 11) is 1.29. The summed E-state index contributed by atoms with van der Waals surface area (Å²) in [6.45, 7) is 0. The molecule has 0 radical (unpaired) electrons. The van der Waals surface area contributed by atoms with Crippen LogP contribution in [0.15, 0.2) is 42.7 Å². The Hall–Kier alpha value is -2.36. The Morgan fingerprint density at radius 2 is 2.06 bits per heavy atom. The fraction of sp³-hybridized carbons (Fsp3) is 0.0769. The van der Waals surface area contributed by atoms with Crippen LogP contribution in [0.5, 0.6) is 5.75 Å². The van der Waals surface area contributed by atoms with Gasteiger partial charge in [0.05, 0.1) is 19.4 Å². The van der Waals surface area contributed by atoms with E-state index in [0.717, 1.165) is 5.56 Å². The monoisotopic (exact) mass is 232 g/mol. The van der Waals surface area contributed by atoms with Gasteiger partial charge in [-0.25, -0.2) is 4.79 Å². The van der Waals surface area contributed by atoms with Gasteiger partial charge in [0.25, 0.3) is 0 Å². The molecular formula is C13H12O4. The molecule has 0 aliphatic carbocycles. The first-order valence-corrected chi connectivity index (χ1v) is 4.90. The van der Waals surface area contributed by atoms with Crippen molar-refractivity contribution in [2.75, 3.05) is 7.11 Å². The van der Waals surface area contributed by atoms with Crippen molar-refractivity contribution in [3.8, 4) is 5.75 Å². The summed E-state index contributed by atoms with van der Waals surface area (Å²) in [6, 6.07) is 7.13. The molecule has 0 saturated carbocycles. The molecule has 0 aromatic heterocycles. The number of allylic oxidation sites excluding steroid dienone is 1. The number of methoxy groups -OCH3 is 1. The van der Waals surface area contributed by atoms with Crippen LogP contribution in [0, 0.1) is 0 Å². The molecule has 0 heterocycles. The molecule has 0 amide bonds. The minimum absolute atomic E-state index is 0.495. The molecule has 0 N–H and O–H groups in total. The molecule has 88 valence electrons. The summed E-state index contributed by atoms with van der Waals surface area (Å²) < 4.78 is 9.68. The molecule has 0 fully saturated rings. The molecule has 0 saturated heterocycles. The van der Waals surface area contributed by atoms with E-state index in [2.05, 4.69) is 4.74 Å². The van der Waals surface area contributed by atoms with Gasteiger partial charge in [-0.3, -0.25) is 4.79 Å². The predicted octanol–water partition coefficient (Wildman–Crippen LogP) is 1.96. The molecule has 0 bridgehead atoms. The highest BCUT2D eigenvalue weighted by Gasteiger charge is 1.98. The van der Waals surface area contributed by atoms with E-state index in [-0.39, 0.29) is 0 Å². The Bertz CT molecular complexity index is 446. The van der Waals surface area contributed by atoms with E-state index in [1.807, 2.05) is 6.07 Å². The van der Waals surface area contributed by atoms with Gasteiger partial charge in [0, 0.05) is 5.56 Å². The number of hydrogen-bond donors (Lipinski definition) is 0. The molecule has 0 unspecified atom stereocenters. The Morgan fingerprint density at radius 1 is 1.29 bits per heavy atom. The minimum atomic E-state index is -0.495. The summed E-state index contributed by atoms with van der Waals surface area (Å²) in [5, 5.41) is 0. The average molecular weight is 232 g/mol. The Morgan fingerprint density at radius 3 is 2.76 bits per heavy atom. The number of benzene rings is 1. The van der Waals surface area contributed by atoms with Crippen LogP contribution < -0.4 is 4.74 Å². The van der Waals surface area contributed by atoms with Crippen LogP contribution in [0.4, 0.5) is 0 Å². The summed E-state index contributed by atoms with van der Waals surface area (Å²) in [5.74, 6) is 0.0525. The summed E-state index contributed by atoms with van der Waals surface area (Å²) >= 11 is 0. The third kappa shape index (κ3) is 4.34. The second kappa shape index (κ2) is 7.00. The van der Waals surface area contributed by atoms with Crippen molar-refractivity contribution < 1.29 is 19.1 Å². The first kappa shape index (κ1) is 12.7. The van der Waals surface area contributed by atoms with Gasteiger partial charge in [-0.1, -0.05) is 18.2 Å². The van der Waals surface area contributed by atoms with Gasteiger partial charge in [-0.2, -0.15) is 0 Å². The summed E-state index contributed by atoms with van der Waals surface area (Å²) in [4.78, 5) is 21.0. The minimum Gasteiger partial charge on any atom is -0.466 e. The Labute approximate surface area is 99.2 Å². The SMILES string of the molecule is COC(=O)/C=C/Oc1ccccc1/C=C/C=O. The molecule has 1 aromatic carbocycles. The largest absolute Gasteiger partial charge is 0.466 e. The summed E-state index contributed by atoms with van der Waals surface area (Å²) in [6.07, 6.45) is 6.07. The molecule has 4 nitrogen and oxygen atoms in total. The predicted molar refractivity (Wildman–Crippen MR) is 63.3 cm³/mol. The molecule has 0 atom stereocenters. The van der Waals surface area contributed by atoms with E-state index in [1.165, 1.54) is 25.5 Å². The van der Waals surface area contributed by atoms with E-state index in [1.54, 1.807) is 24.3 Å². The molecule has 17 heavy (non-hydrogen) atoms. The third-order valence-electron chi connectivity index (χ3n) is 1.87. The maximum absolute atomic E-state index is 10.8. The van der Waals surface area contributed by atoms with Gasteiger partial charge < -0.3 is 9.47 Å². The third-order valence-corrected chi connectivity index (χ3v) is 1.87. The highest BCUT2D eigenvalue weighted by molar-refractivity contribution is 5.81. The van der Waals surface area contributed by atoms with E-state index in [9.17, 15) is 9.59 Å². The first-order valence-electron chi connectivity index (χ1n) is 4.90. The van der Waals surface area contributed by atoms with Gasteiger partial charge in [0.15, 0.2) is 0 Å². The van der Waals surface area contributed by atoms with Crippen LogP contribution in [0.2, 0.25) is 0 Å². The van der Waals surface area contributed by atoms with Gasteiger partial charge in [-0.05, 0) is 18.2 Å². The fourth-order valence-corrected chi connectivity index (χ4v) is 1.10. The van der Waals surface area contributed by atoms with Crippen LogP contribution in [-0.4, -0.2) is 19.4 Å². The highest BCUT2D eigenvalue weighted by Crippen LogP contribution is 2.19. The lowest BCUT2D eigenvalue weighted by Gasteiger charge is -2.03. The van der Waals surface area contributed by atoms with Crippen molar-refractivity contribution in [1.82, 2.24) is 0 Å². The lowest BCUT2D eigenvalue weighted by atomic mass is 10.2. The van der Waals surface area contributed by atoms with Crippen molar-refractivity contribution in [2.24, 2.45) is 0 Å². The first-order chi connectivity index (χ1) is 8.27. The average Bonchev–Trinajstić information content (AvgIpc) is 2.37. The number of esters is 1. The second-order valence-corrected chi connectivity index (χ2v) is 2.98. The molecule has 1 aromatic rings. The highest BCUT2D eigenvalue weighted by atomic mass is 16.5. The van der Waals surface area contributed by atoms with Crippen LogP contribution in [0.1, 0.15) is 5.56 Å². The van der Waals surface area contributed by atoms with Crippen molar-refractivity contribution in [3.63, 3.8) is 0 Å². The van der Waals surface area contributed by atoms with Gasteiger partial charge in [0.1, 0.15) is 12.0 Å². The van der Waals surface area contributed by atoms with E-state index >= 15 is 0 Å². The number of carbonyl (C=O) groups is 2. The normalized spacial score (nSPS) is 10.6. The smallest absolute Gasteiger partial charge is 0.333 e. The Kier molecular flexibility index (Phi) is 5.24. The van der Waals surface area contributed by atoms with Crippen molar-refractivity contribution >= 4 is 18.3 Å². The molecule has 4 heteroatoms. The lowest BCUT2D eigenvalue weighted by Crippen LogP contribution is -1.95. The molecule has 0 aliphatic rings. The molecule has 0 spiro atoms. The number of aldehydes is 1. The number of carbonyl (C=O) groups excluding carboxylic acids is 2. The van der Waals surface area contributed by atoms with Crippen molar-refractivity contribution in [2.45, 2.75) is 0 Å². The number of ether oxygens (including phenoxy) is 2. The topological polar surface area (TPSA) is 52.6 Å². The molecule has 0 aliphatic heterocycles. The van der Waals surface area contributed by atoms with Crippen LogP contribution in [0.3, 0.4) is 0 Å². The second-order valence-electron chi connectivity index (χ2n) is 2.98. The van der Waals surface area contributed by atoms with Crippen LogP contribution in [-0.2, 0) is 14.3 Å². The van der Waals surface area contributed by atoms with Gasteiger partial charge in [0.2, 0.25) is 0 Å². The fourth-order valence-electron chi connectivity index (χ4n) is 1.10. The number of hydrogen-bond acceptors (Lipinski definition) is 4. The van der Waals surface area contributed by atoms with Crippen molar-refractivity contribution in [3.05, 3.63) is 48.2 Å². The maximum Gasteiger partial charge on any atom is 0.333 e.